The lowest BCUT2D eigenvalue weighted by Crippen LogP contribution is -1.97. The Kier molecular flexibility index (Phi) is 3.78. The van der Waals surface area contributed by atoms with Gasteiger partial charge < -0.3 is 0 Å². The molecular weight excluding hydrogens is 160 g/mol. The molecule has 1 rings (SSSR count). The number of rotatable bonds is 4. The number of carbonyl (C=O) groups excluding carboxylic acids is 1. The molecule has 1 aromatic carbocycles. The smallest absolute Gasteiger partial charge is 0.162 e. The number of ketones is 1. The molecule has 0 saturated carbocycles. The SMILES string of the molecule is C#CCCCC(=O)c1ccccc1. The third-order valence-corrected chi connectivity index (χ3v) is 1.82. The van der Waals surface area contributed by atoms with Crippen LogP contribution in [0.5, 0.6) is 0 Å². The fourth-order valence-corrected chi connectivity index (χ4v) is 1.12. The molecule has 0 bridgehead atoms. The lowest BCUT2D eigenvalue weighted by Gasteiger charge is -1.97. The Morgan fingerprint density at radius 3 is 2.62 bits per heavy atom. The summed E-state index contributed by atoms with van der Waals surface area (Å²) in [4.78, 5) is 11.5. The second-order valence-electron chi connectivity index (χ2n) is 2.85. The first-order valence-corrected chi connectivity index (χ1v) is 4.36. The van der Waals surface area contributed by atoms with Crippen LogP contribution < -0.4 is 0 Å². The number of Topliss-reactive ketones (excluding diaryl/α,β-unsaturated/α-hetero) is 1. The van der Waals surface area contributed by atoms with Crippen molar-refractivity contribution in [2.75, 3.05) is 0 Å². The Balaban J connectivity index is 2.46. The molecule has 13 heavy (non-hydrogen) atoms. The van der Waals surface area contributed by atoms with Crippen molar-refractivity contribution >= 4 is 5.78 Å². The highest BCUT2D eigenvalue weighted by Gasteiger charge is 2.02. The van der Waals surface area contributed by atoms with E-state index < -0.39 is 0 Å². The fourth-order valence-electron chi connectivity index (χ4n) is 1.12. The highest BCUT2D eigenvalue weighted by atomic mass is 16.1. The zero-order valence-corrected chi connectivity index (χ0v) is 7.49. The predicted octanol–water partition coefficient (Wildman–Crippen LogP) is 2.67. The molecule has 0 spiro atoms. The van der Waals surface area contributed by atoms with E-state index in [1.807, 2.05) is 30.3 Å². The standard InChI is InChI=1S/C12H12O/c1-2-3-5-10-12(13)11-8-6-4-7-9-11/h1,4,6-9H,3,5,10H2. The van der Waals surface area contributed by atoms with Crippen molar-refractivity contribution in [2.45, 2.75) is 19.3 Å². The van der Waals surface area contributed by atoms with Gasteiger partial charge in [-0.1, -0.05) is 30.3 Å². The van der Waals surface area contributed by atoms with Crippen molar-refractivity contribution < 1.29 is 4.79 Å². The van der Waals surface area contributed by atoms with Crippen LogP contribution in [0, 0.1) is 12.3 Å². The molecule has 0 radical (unpaired) electrons. The summed E-state index contributed by atoms with van der Waals surface area (Å²) in [5.74, 6) is 2.70. The number of terminal acetylenes is 1. The molecule has 66 valence electrons. The molecule has 0 saturated heterocycles. The van der Waals surface area contributed by atoms with E-state index in [4.69, 9.17) is 6.42 Å². The first-order valence-electron chi connectivity index (χ1n) is 4.36. The van der Waals surface area contributed by atoms with Crippen molar-refractivity contribution in [2.24, 2.45) is 0 Å². The normalized spacial score (nSPS) is 9.15. The van der Waals surface area contributed by atoms with Gasteiger partial charge in [-0.05, 0) is 6.42 Å². The van der Waals surface area contributed by atoms with Crippen molar-refractivity contribution in [1.29, 1.82) is 0 Å². The van der Waals surface area contributed by atoms with Crippen molar-refractivity contribution in [1.82, 2.24) is 0 Å². The van der Waals surface area contributed by atoms with Crippen LogP contribution in [0.15, 0.2) is 30.3 Å². The minimum absolute atomic E-state index is 0.177. The zero-order valence-electron chi connectivity index (χ0n) is 7.49. The van der Waals surface area contributed by atoms with Gasteiger partial charge in [0.05, 0.1) is 0 Å². The summed E-state index contributed by atoms with van der Waals surface area (Å²) in [5.41, 5.74) is 0.777. The van der Waals surface area contributed by atoms with Crippen LogP contribution in [0.2, 0.25) is 0 Å². The molecule has 0 aromatic heterocycles. The summed E-state index contributed by atoms with van der Waals surface area (Å²) in [7, 11) is 0. The summed E-state index contributed by atoms with van der Waals surface area (Å²) < 4.78 is 0. The molecule has 1 nitrogen and oxygen atoms in total. The summed E-state index contributed by atoms with van der Waals surface area (Å²) >= 11 is 0. The van der Waals surface area contributed by atoms with Gasteiger partial charge in [-0.15, -0.1) is 12.3 Å². The second kappa shape index (κ2) is 5.16. The first-order chi connectivity index (χ1) is 6.34. The molecule has 0 fully saturated rings. The maximum atomic E-state index is 11.5. The number of hydrogen-bond acceptors (Lipinski definition) is 1. The molecule has 0 aliphatic rings. The zero-order chi connectivity index (χ0) is 9.52. The summed E-state index contributed by atoms with van der Waals surface area (Å²) in [6.07, 6.45) is 7.10. The van der Waals surface area contributed by atoms with Gasteiger partial charge in [-0.2, -0.15) is 0 Å². The van der Waals surface area contributed by atoms with E-state index in [0.717, 1.165) is 12.0 Å². The molecule has 0 unspecified atom stereocenters. The third-order valence-electron chi connectivity index (χ3n) is 1.82. The average Bonchev–Trinajstić information content (AvgIpc) is 2.19. The van der Waals surface area contributed by atoms with Gasteiger partial charge in [0.15, 0.2) is 5.78 Å². The molecular formula is C12H12O. The van der Waals surface area contributed by atoms with E-state index in [1.165, 1.54) is 0 Å². The van der Waals surface area contributed by atoms with Crippen molar-refractivity contribution in [3.63, 3.8) is 0 Å². The molecule has 1 aromatic rings. The highest BCUT2D eigenvalue weighted by Crippen LogP contribution is 2.05. The Morgan fingerprint density at radius 2 is 2.00 bits per heavy atom. The van der Waals surface area contributed by atoms with Crippen LogP contribution in [-0.4, -0.2) is 5.78 Å². The molecule has 0 heterocycles. The summed E-state index contributed by atoms with van der Waals surface area (Å²) in [6.45, 7) is 0. The van der Waals surface area contributed by atoms with Crippen LogP contribution in [0.3, 0.4) is 0 Å². The Morgan fingerprint density at radius 1 is 1.31 bits per heavy atom. The molecule has 0 aliphatic carbocycles. The molecule has 0 aliphatic heterocycles. The topological polar surface area (TPSA) is 17.1 Å². The van der Waals surface area contributed by atoms with E-state index in [1.54, 1.807) is 0 Å². The van der Waals surface area contributed by atoms with E-state index >= 15 is 0 Å². The molecule has 1 heteroatoms. The third kappa shape index (κ3) is 3.13. The van der Waals surface area contributed by atoms with E-state index in [0.29, 0.717) is 12.8 Å². The van der Waals surface area contributed by atoms with Crippen LogP contribution >= 0.6 is 0 Å². The lowest BCUT2D eigenvalue weighted by molar-refractivity contribution is 0.0980. The second-order valence-corrected chi connectivity index (χ2v) is 2.85. The first kappa shape index (κ1) is 9.54. The number of benzene rings is 1. The monoisotopic (exact) mass is 172 g/mol. The molecule has 0 amide bonds. The van der Waals surface area contributed by atoms with E-state index in [2.05, 4.69) is 5.92 Å². The van der Waals surface area contributed by atoms with Crippen LogP contribution in [0.1, 0.15) is 29.6 Å². The van der Waals surface area contributed by atoms with E-state index in [-0.39, 0.29) is 5.78 Å². The minimum Gasteiger partial charge on any atom is -0.294 e. The number of hydrogen-bond donors (Lipinski definition) is 0. The van der Waals surface area contributed by atoms with Gasteiger partial charge in [0.25, 0.3) is 0 Å². The Bertz CT molecular complexity index is 306. The van der Waals surface area contributed by atoms with Gasteiger partial charge in [-0.3, -0.25) is 4.79 Å². The maximum absolute atomic E-state index is 11.5. The Labute approximate surface area is 78.8 Å². The molecule has 0 atom stereocenters. The van der Waals surface area contributed by atoms with Crippen molar-refractivity contribution in [3.8, 4) is 12.3 Å². The summed E-state index contributed by atoms with van der Waals surface area (Å²) in [6, 6.07) is 9.30. The Hall–Kier alpha value is -1.55. The van der Waals surface area contributed by atoms with E-state index in [9.17, 15) is 4.79 Å². The number of carbonyl (C=O) groups is 1. The molecule has 0 N–H and O–H groups in total. The van der Waals surface area contributed by atoms with Gasteiger partial charge >= 0.3 is 0 Å². The number of unbranched alkanes of at least 4 members (excludes halogenated alkanes) is 1. The van der Waals surface area contributed by atoms with Crippen molar-refractivity contribution in [3.05, 3.63) is 35.9 Å². The quantitative estimate of drug-likeness (QED) is 0.387. The summed E-state index contributed by atoms with van der Waals surface area (Å²) in [5, 5.41) is 0. The minimum atomic E-state index is 0.177. The van der Waals surface area contributed by atoms with Crippen LogP contribution in [0.25, 0.3) is 0 Å². The van der Waals surface area contributed by atoms with Gasteiger partial charge in [-0.25, -0.2) is 0 Å². The largest absolute Gasteiger partial charge is 0.294 e. The van der Waals surface area contributed by atoms with Gasteiger partial charge in [0.1, 0.15) is 0 Å². The van der Waals surface area contributed by atoms with Gasteiger partial charge in [0.2, 0.25) is 0 Å². The van der Waals surface area contributed by atoms with Crippen LogP contribution in [-0.2, 0) is 0 Å². The average molecular weight is 172 g/mol. The lowest BCUT2D eigenvalue weighted by atomic mass is 10.1. The van der Waals surface area contributed by atoms with Gasteiger partial charge in [0, 0.05) is 18.4 Å². The maximum Gasteiger partial charge on any atom is 0.162 e. The van der Waals surface area contributed by atoms with Crippen LogP contribution in [0.4, 0.5) is 0 Å². The highest BCUT2D eigenvalue weighted by molar-refractivity contribution is 5.95. The predicted molar refractivity (Wildman–Crippen MR) is 53.5 cm³/mol. The fraction of sp³-hybridized carbons (Fsp3) is 0.250.